The average molecular weight is 704 g/mol. The van der Waals surface area contributed by atoms with E-state index in [0.29, 0.717) is 17.6 Å². The summed E-state index contributed by atoms with van der Waals surface area (Å²) in [7, 11) is 0. The molecule has 8 aromatic carbocycles. The van der Waals surface area contributed by atoms with Gasteiger partial charge >= 0.3 is 0 Å². The van der Waals surface area contributed by atoms with Crippen LogP contribution in [0.1, 0.15) is 0 Å². The quantitative estimate of drug-likeness (QED) is 0.183. The maximum atomic E-state index is 7.10. The summed E-state index contributed by atoms with van der Waals surface area (Å²) in [6.45, 7) is 0. The SMILES string of the molecule is c1ccc(-c2nc(-c3ccccc3)nc(-n3c4ccccc4c4c5oc6cc(-n7c8ccccc8c8ccccc87)c7ccccc7c6c5ccc43)n2)cc1. The zero-order chi connectivity index (χ0) is 36.0. The van der Waals surface area contributed by atoms with Crippen LogP contribution in [0.5, 0.6) is 0 Å². The van der Waals surface area contributed by atoms with Crippen LogP contribution in [0.2, 0.25) is 0 Å². The van der Waals surface area contributed by atoms with Crippen molar-refractivity contribution in [2.45, 2.75) is 0 Å². The van der Waals surface area contributed by atoms with Crippen LogP contribution >= 0.6 is 0 Å². The Morgan fingerprint density at radius 2 is 0.873 bits per heavy atom. The summed E-state index contributed by atoms with van der Waals surface area (Å²) in [5.41, 5.74) is 8.90. The van der Waals surface area contributed by atoms with Gasteiger partial charge in [-0.15, -0.1) is 0 Å². The molecule has 0 aliphatic carbocycles. The third-order valence-corrected chi connectivity index (χ3v) is 11.0. The van der Waals surface area contributed by atoms with Gasteiger partial charge in [0.25, 0.3) is 0 Å². The molecule has 0 aliphatic rings. The van der Waals surface area contributed by atoms with Gasteiger partial charge in [0.1, 0.15) is 11.2 Å². The molecule has 0 bridgehead atoms. The maximum absolute atomic E-state index is 7.10. The molecule has 55 heavy (non-hydrogen) atoms. The fourth-order valence-corrected chi connectivity index (χ4v) is 8.61. The molecule has 12 aromatic rings. The van der Waals surface area contributed by atoms with Crippen LogP contribution in [0.3, 0.4) is 0 Å². The van der Waals surface area contributed by atoms with Gasteiger partial charge < -0.3 is 8.98 Å². The predicted molar refractivity (Wildman–Crippen MR) is 224 cm³/mol. The van der Waals surface area contributed by atoms with Crippen molar-refractivity contribution in [2.75, 3.05) is 0 Å². The lowest BCUT2D eigenvalue weighted by Crippen LogP contribution is -2.06. The normalized spacial score (nSPS) is 12.0. The molecule has 6 nitrogen and oxygen atoms in total. The van der Waals surface area contributed by atoms with Gasteiger partial charge in [-0.2, -0.15) is 9.97 Å². The van der Waals surface area contributed by atoms with Crippen molar-refractivity contribution in [1.82, 2.24) is 24.1 Å². The third-order valence-electron chi connectivity index (χ3n) is 11.0. The first-order valence-corrected chi connectivity index (χ1v) is 18.5. The molecule has 12 rings (SSSR count). The molecule has 0 atom stereocenters. The summed E-state index contributed by atoms with van der Waals surface area (Å²) in [5.74, 6) is 1.78. The summed E-state index contributed by atoms with van der Waals surface area (Å²) >= 11 is 0. The van der Waals surface area contributed by atoms with Crippen LogP contribution < -0.4 is 0 Å². The van der Waals surface area contributed by atoms with Crippen molar-refractivity contribution in [1.29, 1.82) is 0 Å². The van der Waals surface area contributed by atoms with E-state index in [1.807, 2.05) is 60.7 Å². The van der Waals surface area contributed by atoms with Gasteiger partial charge in [-0.05, 0) is 35.7 Å². The highest BCUT2D eigenvalue weighted by Gasteiger charge is 2.24. The predicted octanol–water partition coefficient (Wildman–Crippen LogP) is 12.5. The molecule has 0 unspecified atom stereocenters. The second-order valence-electron chi connectivity index (χ2n) is 14.0. The van der Waals surface area contributed by atoms with Crippen molar-refractivity contribution in [2.24, 2.45) is 0 Å². The molecule has 4 heterocycles. The Bertz CT molecular complexity index is 3380. The first-order valence-electron chi connectivity index (χ1n) is 18.5. The van der Waals surface area contributed by atoms with E-state index in [1.165, 1.54) is 16.2 Å². The van der Waals surface area contributed by atoms with E-state index in [9.17, 15) is 0 Å². The molecule has 0 saturated heterocycles. The van der Waals surface area contributed by atoms with E-state index < -0.39 is 0 Å². The Kier molecular flexibility index (Phi) is 6.24. The Labute approximate surface area is 314 Å². The highest BCUT2D eigenvalue weighted by Crippen LogP contribution is 2.45. The standard InChI is InChI=1S/C49H29N5O/c1-3-15-30(16-4-1)47-50-48(31-17-5-2-6-18-31)52-49(51-47)54-40-26-14-11-23-36(40)45-41(54)28-27-37-44-35-22-8-7-21-34(35)42(29-43(44)55-46(37)45)53-38-24-12-9-19-32(38)33-20-10-13-25-39(33)53/h1-29H. The van der Waals surface area contributed by atoms with Gasteiger partial charge in [0, 0.05) is 49.5 Å². The second-order valence-corrected chi connectivity index (χ2v) is 14.0. The second kappa shape index (κ2) is 11.5. The zero-order valence-corrected chi connectivity index (χ0v) is 29.4. The van der Waals surface area contributed by atoms with Gasteiger partial charge in [-0.1, -0.05) is 140 Å². The number of aromatic nitrogens is 5. The monoisotopic (exact) mass is 703 g/mol. The average Bonchev–Trinajstić information content (AvgIpc) is 3.91. The van der Waals surface area contributed by atoms with Crippen molar-refractivity contribution in [3.05, 3.63) is 176 Å². The minimum absolute atomic E-state index is 0.550. The number of hydrogen-bond acceptors (Lipinski definition) is 4. The molecular formula is C49H29N5O. The van der Waals surface area contributed by atoms with Gasteiger partial charge in [0.05, 0.1) is 33.1 Å². The van der Waals surface area contributed by atoms with Crippen LogP contribution in [0.4, 0.5) is 0 Å². The summed E-state index contributed by atoms with van der Waals surface area (Å²) < 4.78 is 11.6. The molecular weight excluding hydrogens is 675 g/mol. The van der Waals surface area contributed by atoms with E-state index in [2.05, 4.69) is 124 Å². The Balaban J connectivity index is 1.17. The van der Waals surface area contributed by atoms with Gasteiger partial charge in [0.2, 0.25) is 5.95 Å². The van der Waals surface area contributed by atoms with Gasteiger partial charge in [-0.25, -0.2) is 4.98 Å². The molecule has 0 radical (unpaired) electrons. The van der Waals surface area contributed by atoms with E-state index in [1.54, 1.807) is 0 Å². The van der Waals surface area contributed by atoms with E-state index in [-0.39, 0.29) is 0 Å². The number of furan rings is 1. The summed E-state index contributed by atoms with van der Waals surface area (Å²) in [6, 6.07) is 61.3. The first-order chi connectivity index (χ1) is 27.3. The number of nitrogens with zero attached hydrogens (tertiary/aromatic N) is 5. The van der Waals surface area contributed by atoms with Gasteiger partial charge in [-0.3, -0.25) is 4.57 Å². The maximum Gasteiger partial charge on any atom is 0.238 e. The van der Waals surface area contributed by atoms with Crippen LogP contribution in [0, 0.1) is 0 Å². The van der Waals surface area contributed by atoms with Crippen LogP contribution in [0.15, 0.2) is 180 Å². The number of fused-ring (bicyclic) bond motifs is 12. The Morgan fingerprint density at radius 3 is 1.49 bits per heavy atom. The molecule has 0 spiro atoms. The van der Waals surface area contributed by atoms with Crippen molar-refractivity contribution in [3.8, 4) is 34.4 Å². The topological polar surface area (TPSA) is 61.7 Å². The zero-order valence-electron chi connectivity index (χ0n) is 29.4. The largest absolute Gasteiger partial charge is 0.455 e. The molecule has 0 saturated carbocycles. The molecule has 0 amide bonds. The van der Waals surface area contributed by atoms with Crippen molar-refractivity contribution in [3.63, 3.8) is 0 Å². The summed E-state index contributed by atoms with van der Waals surface area (Å²) in [5, 5.41) is 9.03. The lowest BCUT2D eigenvalue weighted by Gasteiger charge is -2.12. The lowest BCUT2D eigenvalue weighted by atomic mass is 10.0. The highest BCUT2D eigenvalue weighted by molar-refractivity contribution is 6.28. The molecule has 6 heteroatoms. The Hall–Kier alpha value is -7.57. The van der Waals surface area contributed by atoms with E-state index in [4.69, 9.17) is 19.4 Å². The van der Waals surface area contributed by atoms with E-state index >= 15 is 0 Å². The number of benzene rings is 8. The highest BCUT2D eigenvalue weighted by atomic mass is 16.3. The minimum atomic E-state index is 0.550. The van der Waals surface area contributed by atoms with Crippen LogP contribution in [-0.2, 0) is 0 Å². The third kappa shape index (κ3) is 4.33. The number of para-hydroxylation sites is 3. The molecule has 256 valence electrons. The van der Waals surface area contributed by atoms with Gasteiger partial charge in [0.15, 0.2) is 11.6 Å². The lowest BCUT2D eigenvalue weighted by molar-refractivity contribution is 0.673. The van der Waals surface area contributed by atoms with Crippen molar-refractivity contribution >= 4 is 76.3 Å². The minimum Gasteiger partial charge on any atom is -0.455 e. The number of hydrogen-bond donors (Lipinski definition) is 0. The molecule has 0 fully saturated rings. The van der Waals surface area contributed by atoms with Crippen LogP contribution in [-0.4, -0.2) is 24.1 Å². The Morgan fingerprint density at radius 1 is 0.364 bits per heavy atom. The van der Waals surface area contributed by atoms with Crippen LogP contribution in [0.25, 0.3) is 111 Å². The first kappa shape index (κ1) is 29.9. The summed E-state index contributed by atoms with van der Waals surface area (Å²) in [6.07, 6.45) is 0. The fraction of sp³-hybridized carbons (Fsp3) is 0. The molecule has 4 aromatic heterocycles. The molecule has 0 N–H and O–H groups in total. The van der Waals surface area contributed by atoms with Crippen molar-refractivity contribution < 1.29 is 4.42 Å². The van der Waals surface area contributed by atoms with E-state index in [0.717, 1.165) is 77.0 Å². The molecule has 0 aliphatic heterocycles. The smallest absolute Gasteiger partial charge is 0.238 e. The summed E-state index contributed by atoms with van der Waals surface area (Å²) in [4.78, 5) is 15.2. The number of rotatable bonds is 4. The fourth-order valence-electron chi connectivity index (χ4n) is 8.61.